The predicted molar refractivity (Wildman–Crippen MR) is 44.5 cm³/mol. The molecule has 1 atom stereocenters. The minimum atomic E-state index is -0.257. The van der Waals surface area contributed by atoms with Crippen molar-refractivity contribution in [1.29, 1.82) is 0 Å². The first kappa shape index (κ1) is 7.28. The second-order valence-corrected chi connectivity index (χ2v) is 3.04. The summed E-state index contributed by atoms with van der Waals surface area (Å²) in [6.45, 7) is 0. The molecule has 2 N–H and O–H groups in total. The van der Waals surface area contributed by atoms with Crippen molar-refractivity contribution >= 4 is 5.91 Å². The number of carbonyl (C=O) groups is 1. The third kappa shape index (κ3) is 0.978. The summed E-state index contributed by atoms with van der Waals surface area (Å²) in [5, 5.41) is 0. The van der Waals surface area contributed by atoms with Crippen molar-refractivity contribution in [2.24, 2.45) is 5.73 Å². The Labute approximate surface area is 70.6 Å². The molecule has 1 amide bonds. The first-order valence-electron chi connectivity index (χ1n) is 4.02. The number of carbonyl (C=O) groups excluding carboxylic acids is 1. The summed E-state index contributed by atoms with van der Waals surface area (Å²) in [5.74, 6) is -0.409. The Kier molecular flexibility index (Phi) is 1.57. The molecule has 0 spiro atoms. The predicted octanol–water partition coefficient (Wildman–Crippen LogP) is 0.597. The first-order chi connectivity index (χ1) is 5.79. The number of nitrogens with zero attached hydrogens (tertiary/aromatic N) is 1. The molecule has 1 aliphatic rings. The second-order valence-electron chi connectivity index (χ2n) is 3.04. The molecule has 1 aliphatic carbocycles. The van der Waals surface area contributed by atoms with Gasteiger partial charge in [0.1, 0.15) is 0 Å². The number of rotatable bonds is 1. The van der Waals surface area contributed by atoms with Gasteiger partial charge in [0.25, 0.3) is 0 Å². The van der Waals surface area contributed by atoms with Crippen molar-refractivity contribution in [2.45, 2.75) is 18.8 Å². The van der Waals surface area contributed by atoms with Crippen LogP contribution in [0.1, 0.15) is 23.6 Å². The van der Waals surface area contributed by atoms with Crippen molar-refractivity contribution in [2.75, 3.05) is 0 Å². The molecular formula is C9H10N2O. The second kappa shape index (κ2) is 2.59. The highest BCUT2D eigenvalue weighted by atomic mass is 16.1. The number of hydrogen-bond acceptors (Lipinski definition) is 2. The van der Waals surface area contributed by atoms with E-state index >= 15 is 0 Å². The molecule has 2 rings (SSSR count). The Morgan fingerprint density at radius 1 is 1.67 bits per heavy atom. The number of amides is 1. The van der Waals surface area contributed by atoms with Crippen LogP contribution in [0.4, 0.5) is 0 Å². The standard InChI is InChI=1S/C9H10N2O/c10-9(12)7-4-3-6-2-1-5-11-8(6)7/h1-2,5,7H,3-4H2,(H2,10,12)/t7-/m1/s1. The lowest BCUT2D eigenvalue weighted by Gasteiger charge is -2.03. The summed E-state index contributed by atoms with van der Waals surface area (Å²) in [7, 11) is 0. The third-order valence-electron chi connectivity index (χ3n) is 2.30. The molecular weight excluding hydrogens is 152 g/mol. The van der Waals surface area contributed by atoms with E-state index in [2.05, 4.69) is 4.98 Å². The maximum absolute atomic E-state index is 10.9. The minimum Gasteiger partial charge on any atom is -0.369 e. The van der Waals surface area contributed by atoms with Gasteiger partial charge in [-0.25, -0.2) is 0 Å². The molecule has 0 saturated heterocycles. The number of fused-ring (bicyclic) bond motifs is 1. The van der Waals surface area contributed by atoms with Crippen LogP contribution in [0.3, 0.4) is 0 Å². The Morgan fingerprint density at radius 3 is 3.25 bits per heavy atom. The maximum Gasteiger partial charge on any atom is 0.226 e. The van der Waals surface area contributed by atoms with E-state index in [4.69, 9.17) is 5.73 Å². The van der Waals surface area contributed by atoms with Gasteiger partial charge in [-0.3, -0.25) is 9.78 Å². The molecule has 1 aromatic heterocycles. The van der Waals surface area contributed by atoms with E-state index in [-0.39, 0.29) is 11.8 Å². The van der Waals surface area contributed by atoms with Gasteiger partial charge >= 0.3 is 0 Å². The quantitative estimate of drug-likeness (QED) is 0.657. The molecule has 0 saturated carbocycles. The Morgan fingerprint density at radius 2 is 2.50 bits per heavy atom. The highest BCUT2D eigenvalue weighted by Crippen LogP contribution is 2.30. The lowest BCUT2D eigenvalue weighted by Crippen LogP contribution is -2.19. The Hall–Kier alpha value is -1.38. The van der Waals surface area contributed by atoms with Gasteiger partial charge in [0.2, 0.25) is 5.91 Å². The summed E-state index contributed by atoms with van der Waals surface area (Å²) in [4.78, 5) is 15.1. The SMILES string of the molecule is NC(=O)[C@@H]1CCc2cccnc21. The van der Waals surface area contributed by atoms with Crippen molar-refractivity contribution in [3.63, 3.8) is 0 Å². The average molecular weight is 162 g/mol. The number of nitrogens with two attached hydrogens (primary N) is 1. The molecule has 62 valence electrons. The van der Waals surface area contributed by atoms with Crippen LogP contribution in [0.5, 0.6) is 0 Å². The molecule has 12 heavy (non-hydrogen) atoms. The zero-order valence-electron chi connectivity index (χ0n) is 6.66. The van der Waals surface area contributed by atoms with Gasteiger partial charge in [0, 0.05) is 6.20 Å². The van der Waals surface area contributed by atoms with E-state index < -0.39 is 0 Å². The van der Waals surface area contributed by atoms with Gasteiger partial charge < -0.3 is 5.73 Å². The van der Waals surface area contributed by atoms with E-state index in [1.165, 1.54) is 5.56 Å². The molecule has 0 unspecified atom stereocenters. The summed E-state index contributed by atoms with van der Waals surface area (Å²) in [5.41, 5.74) is 7.28. The fraction of sp³-hybridized carbons (Fsp3) is 0.333. The topological polar surface area (TPSA) is 56.0 Å². The monoisotopic (exact) mass is 162 g/mol. The minimum absolute atomic E-state index is 0.152. The molecule has 0 aromatic carbocycles. The van der Waals surface area contributed by atoms with Gasteiger partial charge in [-0.05, 0) is 24.5 Å². The molecule has 1 heterocycles. The van der Waals surface area contributed by atoms with Crippen LogP contribution < -0.4 is 5.73 Å². The lowest BCUT2D eigenvalue weighted by atomic mass is 10.1. The van der Waals surface area contributed by atoms with Crippen LogP contribution in [0.2, 0.25) is 0 Å². The summed E-state index contributed by atoms with van der Waals surface area (Å²) in [6.07, 6.45) is 3.46. The van der Waals surface area contributed by atoms with Crippen LogP contribution >= 0.6 is 0 Å². The van der Waals surface area contributed by atoms with Gasteiger partial charge in [-0.15, -0.1) is 0 Å². The molecule has 0 aliphatic heterocycles. The van der Waals surface area contributed by atoms with E-state index in [1.54, 1.807) is 6.20 Å². The van der Waals surface area contributed by atoms with Gasteiger partial charge in [-0.2, -0.15) is 0 Å². The first-order valence-corrected chi connectivity index (χ1v) is 4.02. The molecule has 0 radical (unpaired) electrons. The fourth-order valence-electron chi connectivity index (χ4n) is 1.69. The summed E-state index contributed by atoms with van der Waals surface area (Å²) in [6, 6.07) is 3.90. The zero-order chi connectivity index (χ0) is 8.55. The van der Waals surface area contributed by atoms with E-state index in [0.29, 0.717) is 0 Å². The third-order valence-corrected chi connectivity index (χ3v) is 2.30. The van der Waals surface area contributed by atoms with Crippen LogP contribution in [0.25, 0.3) is 0 Å². The fourth-order valence-corrected chi connectivity index (χ4v) is 1.69. The molecule has 3 heteroatoms. The number of aromatic nitrogens is 1. The highest BCUT2D eigenvalue weighted by molar-refractivity contribution is 5.82. The van der Waals surface area contributed by atoms with E-state index in [9.17, 15) is 4.79 Å². The molecule has 1 aromatic rings. The molecule has 0 fully saturated rings. The molecule has 3 nitrogen and oxygen atoms in total. The van der Waals surface area contributed by atoms with Gasteiger partial charge in [-0.1, -0.05) is 6.07 Å². The Bertz CT molecular complexity index is 322. The van der Waals surface area contributed by atoms with Crippen LogP contribution in [0.15, 0.2) is 18.3 Å². The largest absolute Gasteiger partial charge is 0.369 e. The Balaban J connectivity index is 2.42. The van der Waals surface area contributed by atoms with Crippen molar-refractivity contribution in [1.82, 2.24) is 4.98 Å². The summed E-state index contributed by atoms with van der Waals surface area (Å²) < 4.78 is 0. The zero-order valence-corrected chi connectivity index (χ0v) is 6.66. The normalized spacial score (nSPS) is 20.5. The number of pyridine rings is 1. The highest BCUT2D eigenvalue weighted by Gasteiger charge is 2.27. The smallest absolute Gasteiger partial charge is 0.226 e. The average Bonchev–Trinajstić information content (AvgIpc) is 2.47. The van der Waals surface area contributed by atoms with Crippen molar-refractivity contribution < 1.29 is 4.79 Å². The van der Waals surface area contributed by atoms with Crippen LogP contribution in [-0.2, 0) is 11.2 Å². The lowest BCUT2D eigenvalue weighted by molar-refractivity contribution is -0.119. The van der Waals surface area contributed by atoms with Gasteiger partial charge in [0.15, 0.2) is 0 Å². The number of primary amides is 1. The van der Waals surface area contributed by atoms with Gasteiger partial charge in [0.05, 0.1) is 11.6 Å². The van der Waals surface area contributed by atoms with Crippen molar-refractivity contribution in [3.05, 3.63) is 29.6 Å². The molecule has 0 bridgehead atoms. The van der Waals surface area contributed by atoms with Crippen molar-refractivity contribution in [3.8, 4) is 0 Å². The van der Waals surface area contributed by atoms with E-state index in [1.807, 2.05) is 12.1 Å². The number of aryl methyl sites for hydroxylation is 1. The number of hydrogen-bond donors (Lipinski definition) is 1. The van der Waals surface area contributed by atoms with E-state index in [0.717, 1.165) is 18.5 Å². The van der Waals surface area contributed by atoms with Crippen LogP contribution in [-0.4, -0.2) is 10.9 Å². The van der Waals surface area contributed by atoms with Crippen LogP contribution in [0, 0.1) is 0 Å². The summed E-state index contributed by atoms with van der Waals surface area (Å²) >= 11 is 0. The maximum atomic E-state index is 10.9.